The van der Waals surface area contributed by atoms with Crippen molar-refractivity contribution < 1.29 is 38.2 Å². The molecule has 0 aliphatic heterocycles. The van der Waals surface area contributed by atoms with E-state index in [4.69, 9.17) is 25.0 Å². The van der Waals surface area contributed by atoms with Crippen molar-refractivity contribution >= 4 is 15.2 Å². The molecule has 8 nitrogen and oxygen atoms in total. The molecule has 0 amide bonds. The van der Waals surface area contributed by atoms with E-state index in [2.05, 4.69) is 0 Å². The average Bonchev–Trinajstić information content (AvgIpc) is 2.11. The number of aliphatic hydroxyl groups excluding tert-OH is 4. The maximum atomic E-state index is 10.6. The lowest BCUT2D eigenvalue weighted by Gasteiger charge is -2.18. The molecule has 0 saturated heterocycles. The molecule has 0 radical (unpaired) electrons. The summed E-state index contributed by atoms with van der Waals surface area (Å²) in [5.41, 5.74) is 0. The number of rotatable bonds is 4. The van der Waals surface area contributed by atoms with Gasteiger partial charge in [-0.05, 0) is 0 Å². The zero-order valence-electron chi connectivity index (χ0n) is 6.81. The fourth-order valence-electron chi connectivity index (χ4n) is 0.610. The summed E-state index contributed by atoms with van der Waals surface area (Å²) < 4.78 is 28.5. The molecule has 0 aliphatic rings. The van der Waals surface area contributed by atoms with Crippen LogP contribution in [-0.4, -0.2) is 63.4 Å². The van der Waals surface area contributed by atoms with Gasteiger partial charge in [0.1, 0.15) is 12.2 Å². The smallest absolute Gasteiger partial charge is 0.331 e. The molecule has 5 N–H and O–H groups in total. The van der Waals surface area contributed by atoms with Crippen molar-refractivity contribution in [1.82, 2.24) is 0 Å². The lowest BCUT2D eigenvalue weighted by atomic mass is 10.1. The van der Waals surface area contributed by atoms with Crippen LogP contribution >= 0.6 is 0 Å². The van der Waals surface area contributed by atoms with E-state index < -0.39 is 40.2 Å². The monoisotopic (exact) mass is 230 g/mol. The molecule has 3 atom stereocenters. The van der Waals surface area contributed by atoms with E-state index in [1.54, 1.807) is 0 Å². The van der Waals surface area contributed by atoms with E-state index in [9.17, 15) is 13.2 Å². The highest BCUT2D eigenvalue weighted by Crippen LogP contribution is 2.04. The number of hydrogen-bond acceptors (Lipinski definition) is 7. The Balaban J connectivity index is 4.64. The van der Waals surface area contributed by atoms with E-state index >= 15 is 0 Å². The van der Waals surface area contributed by atoms with Gasteiger partial charge in [0, 0.05) is 0 Å². The quantitative estimate of drug-likeness (QED) is 0.311. The van der Waals surface area contributed by atoms with Gasteiger partial charge in [-0.2, -0.15) is 8.42 Å². The molecule has 14 heavy (non-hydrogen) atoms. The van der Waals surface area contributed by atoms with Crippen molar-refractivity contribution in [2.75, 3.05) is 6.61 Å². The van der Waals surface area contributed by atoms with Crippen LogP contribution < -0.4 is 0 Å². The topological polar surface area (TPSA) is 152 Å². The first kappa shape index (κ1) is 13.4. The predicted octanol–water partition coefficient (Wildman–Crippen LogP) is -3.52. The molecule has 0 rings (SSSR count). The van der Waals surface area contributed by atoms with E-state index in [0.717, 1.165) is 0 Å². The fraction of sp³-hybridized carbons (Fsp3) is 0.800. The molecular formula is C5H10O8S. The SMILES string of the molecule is O=C([C@@H](O)[C@H](O)[C@H](O)CO)S(=O)(=O)O. The maximum Gasteiger partial charge on any atom is 0.331 e. The average molecular weight is 230 g/mol. The summed E-state index contributed by atoms with van der Waals surface area (Å²) in [7, 11) is -5.13. The summed E-state index contributed by atoms with van der Waals surface area (Å²) >= 11 is 0. The molecular weight excluding hydrogens is 220 g/mol. The van der Waals surface area contributed by atoms with Gasteiger partial charge >= 0.3 is 15.2 Å². The van der Waals surface area contributed by atoms with Crippen LogP contribution in [0.2, 0.25) is 0 Å². The Labute approximate surface area is 79.2 Å². The molecule has 0 saturated carbocycles. The van der Waals surface area contributed by atoms with Crippen molar-refractivity contribution in [3.63, 3.8) is 0 Å². The maximum absolute atomic E-state index is 10.6. The van der Waals surface area contributed by atoms with Gasteiger partial charge in [0.05, 0.1) is 6.61 Å². The summed E-state index contributed by atoms with van der Waals surface area (Å²) in [5.74, 6) is 0. The molecule has 0 aromatic heterocycles. The van der Waals surface area contributed by atoms with Crippen LogP contribution in [0.3, 0.4) is 0 Å². The van der Waals surface area contributed by atoms with Crippen molar-refractivity contribution in [2.45, 2.75) is 18.3 Å². The Morgan fingerprint density at radius 3 is 1.93 bits per heavy atom. The van der Waals surface area contributed by atoms with Crippen LogP contribution in [0.15, 0.2) is 0 Å². The van der Waals surface area contributed by atoms with Crippen molar-refractivity contribution in [3.8, 4) is 0 Å². The van der Waals surface area contributed by atoms with E-state index in [-0.39, 0.29) is 0 Å². The molecule has 9 heteroatoms. The third-order valence-corrected chi connectivity index (χ3v) is 2.15. The van der Waals surface area contributed by atoms with Gasteiger partial charge in [-0.25, -0.2) is 0 Å². The fourth-order valence-corrected chi connectivity index (χ4v) is 1.06. The number of aliphatic hydroxyl groups is 4. The Morgan fingerprint density at radius 2 is 1.64 bits per heavy atom. The minimum Gasteiger partial charge on any atom is -0.394 e. The van der Waals surface area contributed by atoms with Crippen LogP contribution in [0, 0.1) is 0 Å². The molecule has 0 aromatic carbocycles. The van der Waals surface area contributed by atoms with Crippen LogP contribution in [0.4, 0.5) is 0 Å². The Kier molecular flexibility index (Phi) is 4.58. The summed E-state index contributed by atoms with van der Waals surface area (Å²) in [6, 6.07) is 0. The lowest BCUT2D eigenvalue weighted by Crippen LogP contribution is -2.46. The van der Waals surface area contributed by atoms with E-state index in [1.165, 1.54) is 0 Å². The summed E-state index contributed by atoms with van der Waals surface area (Å²) in [6.45, 7) is -0.975. The zero-order valence-corrected chi connectivity index (χ0v) is 7.62. The molecule has 0 fully saturated rings. The number of carbonyl (C=O) groups excluding carboxylic acids is 1. The number of carbonyl (C=O) groups is 1. The Hall–Kier alpha value is -0.580. The van der Waals surface area contributed by atoms with Gasteiger partial charge in [0.2, 0.25) is 0 Å². The van der Waals surface area contributed by atoms with Crippen LogP contribution in [-0.2, 0) is 14.9 Å². The second-order valence-corrected chi connectivity index (χ2v) is 3.83. The zero-order chi connectivity index (χ0) is 11.5. The molecule has 0 aromatic rings. The minimum absolute atomic E-state index is 0.975. The highest BCUT2D eigenvalue weighted by molar-refractivity contribution is 8.01. The van der Waals surface area contributed by atoms with Crippen LogP contribution in [0.25, 0.3) is 0 Å². The summed E-state index contributed by atoms with van der Waals surface area (Å²) in [4.78, 5) is 10.6. The molecule has 84 valence electrons. The second kappa shape index (κ2) is 4.77. The lowest BCUT2D eigenvalue weighted by molar-refractivity contribution is -0.132. The Morgan fingerprint density at radius 1 is 1.21 bits per heavy atom. The molecule has 0 unspecified atom stereocenters. The highest BCUT2D eigenvalue weighted by Gasteiger charge is 2.36. The Bertz CT molecular complexity index is 295. The first-order chi connectivity index (χ1) is 6.21. The normalized spacial score (nSPS) is 18.6. The molecule has 0 heterocycles. The summed E-state index contributed by atoms with van der Waals surface area (Å²) in [6.07, 6.45) is -6.57. The van der Waals surface area contributed by atoms with Gasteiger partial charge in [-0.3, -0.25) is 9.35 Å². The first-order valence-electron chi connectivity index (χ1n) is 3.38. The second-order valence-electron chi connectivity index (χ2n) is 2.48. The van der Waals surface area contributed by atoms with Gasteiger partial charge in [0.15, 0.2) is 6.10 Å². The predicted molar refractivity (Wildman–Crippen MR) is 41.7 cm³/mol. The minimum atomic E-state index is -5.13. The largest absolute Gasteiger partial charge is 0.394 e. The molecule has 0 bridgehead atoms. The van der Waals surface area contributed by atoms with E-state index in [1.807, 2.05) is 0 Å². The van der Waals surface area contributed by atoms with Gasteiger partial charge < -0.3 is 20.4 Å². The van der Waals surface area contributed by atoms with Crippen molar-refractivity contribution in [1.29, 1.82) is 0 Å². The molecule has 0 spiro atoms. The van der Waals surface area contributed by atoms with Gasteiger partial charge in [-0.15, -0.1) is 0 Å². The third kappa shape index (κ3) is 3.29. The van der Waals surface area contributed by atoms with Gasteiger partial charge in [-0.1, -0.05) is 0 Å². The van der Waals surface area contributed by atoms with Crippen molar-refractivity contribution in [3.05, 3.63) is 0 Å². The first-order valence-corrected chi connectivity index (χ1v) is 4.82. The summed E-state index contributed by atoms with van der Waals surface area (Å²) in [5, 5.41) is 32.7. The van der Waals surface area contributed by atoms with Crippen molar-refractivity contribution in [2.24, 2.45) is 0 Å². The molecule has 0 aliphatic carbocycles. The van der Waals surface area contributed by atoms with Gasteiger partial charge in [0.25, 0.3) is 0 Å². The van der Waals surface area contributed by atoms with E-state index in [0.29, 0.717) is 0 Å². The highest BCUT2D eigenvalue weighted by atomic mass is 32.2. The van der Waals surface area contributed by atoms with Crippen LogP contribution in [0.5, 0.6) is 0 Å². The van der Waals surface area contributed by atoms with Crippen LogP contribution in [0.1, 0.15) is 0 Å². The standard InChI is InChI=1S/C5H10O8S/c6-1-2(7)3(8)4(9)5(10)14(11,12)13/h2-4,6-9H,1H2,(H,11,12,13)/t2-,3-,4+/m1/s1. The number of hydrogen-bond donors (Lipinski definition) is 5. The third-order valence-electron chi connectivity index (χ3n) is 1.40.